The van der Waals surface area contributed by atoms with Crippen molar-refractivity contribution in [3.63, 3.8) is 0 Å². The van der Waals surface area contributed by atoms with Crippen LogP contribution in [-0.4, -0.2) is 23.5 Å². The van der Waals surface area contributed by atoms with Crippen LogP contribution < -0.4 is 16.4 Å². The van der Waals surface area contributed by atoms with E-state index in [2.05, 4.69) is 15.8 Å². The summed E-state index contributed by atoms with van der Waals surface area (Å²) in [7, 11) is 0. The maximum Gasteiger partial charge on any atom is 0.221 e. The summed E-state index contributed by atoms with van der Waals surface area (Å²) in [6.07, 6.45) is 1.33. The van der Waals surface area contributed by atoms with Gasteiger partial charge in [0.15, 0.2) is 0 Å². The third kappa shape index (κ3) is 5.20. The number of hydrogen-bond donors (Lipinski definition) is 4. The molecule has 0 unspecified atom stereocenters. The molecule has 6 heteroatoms. The summed E-state index contributed by atoms with van der Waals surface area (Å²) in [5, 5.41) is 17.2. The normalized spacial score (nSPS) is 11.1. The highest BCUT2D eigenvalue weighted by Crippen LogP contribution is 2.13. The van der Waals surface area contributed by atoms with E-state index in [1.54, 1.807) is 0 Å². The van der Waals surface area contributed by atoms with Crippen LogP contribution in [0.1, 0.15) is 19.8 Å². The van der Waals surface area contributed by atoms with Crippen LogP contribution in [0.25, 0.3) is 0 Å². The highest BCUT2D eigenvalue weighted by Gasteiger charge is 1.97. The van der Waals surface area contributed by atoms with E-state index in [9.17, 15) is 4.79 Å². The summed E-state index contributed by atoms with van der Waals surface area (Å²) in [6, 6.07) is 7.42. The molecule has 5 N–H and O–H groups in total. The molecule has 1 rings (SSSR count). The number of oxime groups is 1. The van der Waals surface area contributed by atoms with Crippen molar-refractivity contribution in [2.75, 3.05) is 17.2 Å². The van der Waals surface area contributed by atoms with Gasteiger partial charge in [0.2, 0.25) is 5.91 Å². The van der Waals surface area contributed by atoms with Gasteiger partial charge in [-0.05, 0) is 30.7 Å². The molecule has 0 radical (unpaired) electrons. The monoisotopic (exact) mass is 250 g/mol. The molecule has 0 aliphatic carbocycles. The number of amides is 1. The highest BCUT2D eigenvalue weighted by molar-refractivity contribution is 5.88. The van der Waals surface area contributed by atoms with Crippen molar-refractivity contribution in [2.45, 2.75) is 19.8 Å². The van der Waals surface area contributed by atoms with Gasteiger partial charge in [0.25, 0.3) is 0 Å². The molecular formula is C12H18N4O2. The zero-order chi connectivity index (χ0) is 13.4. The molecule has 1 aromatic carbocycles. The number of amidine groups is 1. The molecule has 0 bridgehead atoms. The van der Waals surface area contributed by atoms with Gasteiger partial charge in [-0.3, -0.25) is 4.79 Å². The largest absolute Gasteiger partial charge is 0.409 e. The fourth-order valence-corrected chi connectivity index (χ4v) is 1.43. The summed E-state index contributed by atoms with van der Waals surface area (Å²) in [4.78, 5) is 10.8. The van der Waals surface area contributed by atoms with Crippen LogP contribution >= 0.6 is 0 Å². The average molecular weight is 250 g/mol. The fourth-order valence-electron chi connectivity index (χ4n) is 1.43. The van der Waals surface area contributed by atoms with Crippen molar-refractivity contribution < 1.29 is 10.0 Å². The molecule has 0 saturated heterocycles. The zero-order valence-electron chi connectivity index (χ0n) is 10.3. The highest BCUT2D eigenvalue weighted by atomic mass is 16.4. The van der Waals surface area contributed by atoms with E-state index in [0.29, 0.717) is 6.42 Å². The van der Waals surface area contributed by atoms with E-state index in [1.165, 1.54) is 6.92 Å². The Morgan fingerprint density at radius 3 is 2.50 bits per heavy atom. The van der Waals surface area contributed by atoms with Crippen molar-refractivity contribution in [2.24, 2.45) is 10.9 Å². The number of benzene rings is 1. The minimum atomic E-state index is -0.0884. The number of nitrogens with two attached hydrogens (primary N) is 1. The van der Waals surface area contributed by atoms with Gasteiger partial charge in [-0.2, -0.15) is 0 Å². The maximum absolute atomic E-state index is 10.8. The van der Waals surface area contributed by atoms with E-state index < -0.39 is 0 Å². The Hall–Kier alpha value is -2.24. The summed E-state index contributed by atoms with van der Waals surface area (Å²) in [6.45, 7) is 2.20. The summed E-state index contributed by atoms with van der Waals surface area (Å²) in [5.74, 6) is 0.146. The van der Waals surface area contributed by atoms with Crippen LogP contribution in [0.5, 0.6) is 0 Å². The summed E-state index contributed by atoms with van der Waals surface area (Å²) < 4.78 is 0. The lowest BCUT2D eigenvalue weighted by molar-refractivity contribution is -0.114. The van der Waals surface area contributed by atoms with E-state index in [1.807, 2.05) is 24.3 Å². The molecule has 1 amide bonds. The van der Waals surface area contributed by atoms with Gasteiger partial charge in [0, 0.05) is 31.3 Å². The average Bonchev–Trinajstić information content (AvgIpc) is 2.35. The van der Waals surface area contributed by atoms with E-state index in [4.69, 9.17) is 10.9 Å². The topological polar surface area (TPSA) is 99.7 Å². The minimum absolute atomic E-state index is 0.0884. The van der Waals surface area contributed by atoms with Crippen LogP contribution in [0.3, 0.4) is 0 Å². The lowest BCUT2D eigenvalue weighted by atomic mass is 10.2. The van der Waals surface area contributed by atoms with Gasteiger partial charge in [-0.25, -0.2) is 0 Å². The molecule has 0 aromatic heterocycles. The Kier molecular flexibility index (Phi) is 5.50. The molecule has 0 heterocycles. The Balaban J connectivity index is 2.33. The second-order valence-corrected chi connectivity index (χ2v) is 3.88. The SMILES string of the molecule is CC(=O)Nc1ccc(NCCC/C(N)=N/O)cc1. The molecule has 6 nitrogen and oxygen atoms in total. The van der Waals surface area contributed by atoms with Crippen LogP contribution in [0.4, 0.5) is 11.4 Å². The van der Waals surface area contributed by atoms with Crippen molar-refractivity contribution in [1.29, 1.82) is 0 Å². The summed E-state index contributed by atoms with van der Waals surface area (Å²) >= 11 is 0. The van der Waals surface area contributed by atoms with Gasteiger partial charge in [-0.15, -0.1) is 0 Å². The number of nitrogens with zero attached hydrogens (tertiary/aromatic N) is 1. The quantitative estimate of drug-likeness (QED) is 0.202. The molecule has 1 aromatic rings. The van der Waals surface area contributed by atoms with E-state index in [0.717, 1.165) is 24.3 Å². The first-order valence-electron chi connectivity index (χ1n) is 5.69. The van der Waals surface area contributed by atoms with Gasteiger partial charge >= 0.3 is 0 Å². The lowest BCUT2D eigenvalue weighted by Gasteiger charge is -2.07. The van der Waals surface area contributed by atoms with Crippen molar-refractivity contribution in [3.05, 3.63) is 24.3 Å². The Morgan fingerprint density at radius 2 is 1.94 bits per heavy atom. The molecule has 98 valence electrons. The first-order chi connectivity index (χ1) is 8.61. The maximum atomic E-state index is 10.8. The molecule has 18 heavy (non-hydrogen) atoms. The number of carbonyl (C=O) groups excluding carboxylic acids is 1. The second kappa shape index (κ2) is 7.16. The van der Waals surface area contributed by atoms with Gasteiger partial charge in [0.05, 0.1) is 0 Å². The first-order valence-corrected chi connectivity index (χ1v) is 5.69. The molecule has 0 spiro atoms. The van der Waals surface area contributed by atoms with Crippen molar-refractivity contribution in [1.82, 2.24) is 0 Å². The van der Waals surface area contributed by atoms with Gasteiger partial charge in [-0.1, -0.05) is 5.16 Å². The van der Waals surface area contributed by atoms with Crippen LogP contribution in [0.15, 0.2) is 29.4 Å². The van der Waals surface area contributed by atoms with Crippen LogP contribution in [0, 0.1) is 0 Å². The van der Waals surface area contributed by atoms with Crippen LogP contribution in [-0.2, 0) is 4.79 Å². The molecule has 0 saturated carbocycles. The number of rotatable bonds is 6. The third-order valence-electron chi connectivity index (χ3n) is 2.27. The molecule has 0 aliphatic rings. The van der Waals surface area contributed by atoms with Gasteiger partial charge < -0.3 is 21.6 Å². The van der Waals surface area contributed by atoms with Crippen molar-refractivity contribution >= 4 is 23.1 Å². The molecule has 0 fully saturated rings. The predicted molar refractivity (Wildman–Crippen MR) is 71.9 cm³/mol. The Morgan fingerprint density at radius 1 is 1.33 bits per heavy atom. The number of hydrogen-bond acceptors (Lipinski definition) is 4. The van der Waals surface area contributed by atoms with Crippen molar-refractivity contribution in [3.8, 4) is 0 Å². The molecule has 0 atom stereocenters. The smallest absolute Gasteiger partial charge is 0.221 e. The third-order valence-corrected chi connectivity index (χ3v) is 2.27. The minimum Gasteiger partial charge on any atom is -0.409 e. The zero-order valence-corrected chi connectivity index (χ0v) is 10.3. The predicted octanol–water partition coefficient (Wildman–Crippen LogP) is 1.58. The van der Waals surface area contributed by atoms with Crippen LogP contribution in [0.2, 0.25) is 0 Å². The first kappa shape index (κ1) is 13.8. The summed E-state index contributed by atoms with van der Waals surface area (Å²) in [5.41, 5.74) is 7.08. The lowest BCUT2D eigenvalue weighted by Crippen LogP contribution is -2.13. The van der Waals surface area contributed by atoms with Gasteiger partial charge in [0.1, 0.15) is 5.84 Å². The molecular weight excluding hydrogens is 232 g/mol. The molecule has 0 aliphatic heterocycles. The Labute approximate surface area is 106 Å². The number of anilines is 2. The number of carbonyl (C=O) groups is 1. The van der Waals surface area contributed by atoms with E-state index in [-0.39, 0.29) is 11.7 Å². The standard InChI is InChI=1S/C12H18N4O2/c1-9(17)15-11-6-4-10(5-7-11)14-8-2-3-12(13)16-18/h4-7,14,18H,2-3,8H2,1H3,(H2,13,16)(H,15,17). The second-order valence-electron chi connectivity index (χ2n) is 3.88. The fraction of sp³-hybridized carbons (Fsp3) is 0.333. The van der Waals surface area contributed by atoms with E-state index >= 15 is 0 Å². The number of nitrogens with one attached hydrogen (secondary N) is 2. The Bertz CT molecular complexity index is 415.